The van der Waals surface area contributed by atoms with Gasteiger partial charge in [0.15, 0.2) is 0 Å². The van der Waals surface area contributed by atoms with Crippen molar-refractivity contribution >= 4 is 28.8 Å². The highest BCUT2D eigenvalue weighted by atomic mass is 32.1. The quantitative estimate of drug-likeness (QED) is 0.540. The molecule has 150 valence electrons. The summed E-state index contributed by atoms with van der Waals surface area (Å²) in [4.78, 5) is 29.3. The van der Waals surface area contributed by atoms with Crippen LogP contribution in [0.5, 0.6) is 5.75 Å². The predicted molar refractivity (Wildman–Crippen MR) is 111 cm³/mol. The normalized spacial score (nSPS) is 11.7. The lowest BCUT2D eigenvalue weighted by molar-refractivity contribution is -0.114. The van der Waals surface area contributed by atoms with Gasteiger partial charge in [-0.3, -0.25) is 9.59 Å². The molecule has 2 amide bonds. The first-order chi connectivity index (χ1) is 13.7. The summed E-state index contributed by atoms with van der Waals surface area (Å²) in [6, 6.07) is 10.00. The third kappa shape index (κ3) is 4.78. The number of nitrogens with zero attached hydrogens (tertiary/aromatic N) is 1. The highest BCUT2D eigenvalue weighted by molar-refractivity contribution is 7.15. The Hall–Kier alpha value is -3.26. The van der Waals surface area contributed by atoms with E-state index in [1.807, 2.05) is 13.8 Å². The number of nitrogens with one attached hydrogen (secondary N) is 2. The molecule has 0 radical (unpaired) electrons. The molecule has 1 atom stereocenters. The number of hydrogen-bond donors (Lipinski definition) is 3. The fourth-order valence-electron chi connectivity index (χ4n) is 2.86. The van der Waals surface area contributed by atoms with E-state index in [1.165, 1.54) is 48.6 Å². The minimum atomic E-state index is -0.474. The molecular weight excluding hydrogens is 393 g/mol. The Morgan fingerprint density at radius 3 is 2.52 bits per heavy atom. The van der Waals surface area contributed by atoms with E-state index in [0.717, 1.165) is 21.1 Å². The maximum Gasteiger partial charge on any atom is 0.255 e. The highest BCUT2D eigenvalue weighted by Gasteiger charge is 2.20. The molecular formula is C21H20FN3O3S. The van der Waals surface area contributed by atoms with Crippen molar-refractivity contribution in [2.75, 3.05) is 5.32 Å². The molecule has 0 bridgehead atoms. The number of phenols is 1. The minimum absolute atomic E-state index is 0.0593. The smallest absolute Gasteiger partial charge is 0.255 e. The number of anilines is 1. The van der Waals surface area contributed by atoms with Crippen molar-refractivity contribution in [1.29, 1.82) is 0 Å². The van der Waals surface area contributed by atoms with Crippen molar-refractivity contribution in [2.24, 2.45) is 0 Å². The van der Waals surface area contributed by atoms with Gasteiger partial charge in [-0.15, -0.1) is 11.3 Å². The number of rotatable bonds is 5. The summed E-state index contributed by atoms with van der Waals surface area (Å²) in [5, 5.41) is 16.2. The van der Waals surface area contributed by atoms with Gasteiger partial charge in [0.2, 0.25) is 5.91 Å². The van der Waals surface area contributed by atoms with Gasteiger partial charge in [0.25, 0.3) is 5.91 Å². The Balaban J connectivity index is 1.80. The van der Waals surface area contributed by atoms with Gasteiger partial charge in [0, 0.05) is 18.2 Å². The van der Waals surface area contributed by atoms with Gasteiger partial charge in [-0.2, -0.15) is 0 Å². The van der Waals surface area contributed by atoms with Gasteiger partial charge in [0.05, 0.1) is 22.2 Å². The monoisotopic (exact) mass is 413 g/mol. The van der Waals surface area contributed by atoms with E-state index in [0.29, 0.717) is 5.69 Å². The summed E-state index contributed by atoms with van der Waals surface area (Å²) in [7, 11) is 0. The van der Waals surface area contributed by atoms with E-state index in [1.54, 1.807) is 12.1 Å². The SMILES string of the molecule is CC(=O)Nc1ccc(O)c(C(=O)NC(C)c2sc(-c3ccc(F)cc3)nc2C)c1. The number of hydrogen-bond acceptors (Lipinski definition) is 5. The number of aryl methyl sites for hydroxylation is 1. The largest absolute Gasteiger partial charge is 0.507 e. The summed E-state index contributed by atoms with van der Waals surface area (Å²) in [6.07, 6.45) is 0. The number of amides is 2. The van der Waals surface area contributed by atoms with Crippen molar-refractivity contribution in [1.82, 2.24) is 10.3 Å². The molecule has 6 nitrogen and oxygen atoms in total. The average molecular weight is 413 g/mol. The number of thiazole rings is 1. The molecule has 3 aromatic rings. The van der Waals surface area contributed by atoms with E-state index in [2.05, 4.69) is 15.6 Å². The fourth-order valence-corrected chi connectivity index (χ4v) is 3.94. The number of halogens is 1. The topological polar surface area (TPSA) is 91.3 Å². The molecule has 0 aliphatic heterocycles. The summed E-state index contributed by atoms with van der Waals surface area (Å²) in [6.45, 7) is 5.03. The Labute approximate surface area is 171 Å². The average Bonchev–Trinajstić information content (AvgIpc) is 3.05. The first-order valence-electron chi connectivity index (χ1n) is 8.89. The number of aromatic nitrogens is 1. The number of carbonyl (C=O) groups excluding carboxylic acids is 2. The molecule has 0 aliphatic carbocycles. The predicted octanol–water partition coefficient (Wildman–Crippen LogP) is 4.41. The van der Waals surface area contributed by atoms with Crippen LogP contribution in [-0.2, 0) is 4.79 Å². The Morgan fingerprint density at radius 1 is 1.17 bits per heavy atom. The van der Waals surface area contributed by atoms with Crippen molar-refractivity contribution in [2.45, 2.75) is 26.8 Å². The molecule has 0 saturated carbocycles. The van der Waals surface area contributed by atoms with Crippen molar-refractivity contribution in [3.63, 3.8) is 0 Å². The number of carbonyl (C=O) groups is 2. The van der Waals surface area contributed by atoms with Crippen LogP contribution in [0, 0.1) is 12.7 Å². The van der Waals surface area contributed by atoms with Crippen LogP contribution in [0.3, 0.4) is 0 Å². The molecule has 0 saturated heterocycles. The molecule has 1 aromatic heterocycles. The lowest BCUT2D eigenvalue weighted by atomic mass is 10.1. The zero-order valence-corrected chi connectivity index (χ0v) is 16.9. The van der Waals surface area contributed by atoms with Gasteiger partial charge in [-0.05, 0) is 56.3 Å². The van der Waals surface area contributed by atoms with Crippen LogP contribution in [0.15, 0.2) is 42.5 Å². The van der Waals surface area contributed by atoms with E-state index >= 15 is 0 Å². The summed E-state index contributed by atoms with van der Waals surface area (Å²) >= 11 is 1.41. The first-order valence-corrected chi connectivity index (χ1v) is 9.71. The molecule has 1 heterocycles. The van der Waals surface area contributed by atoms with Crippen molar-refractivity contribution in [3.05, 3.63) is 64.4 Å². The molecule has 0 spiro atoms. The number of benzene rings is 2. The maximum absolute atomic E-state index is 13.1. The zero-order chi connectivity index (χ0) is 21.1. The highest BCUT2D eigenvalue weighted by Crippen LogP contribution is 2.32. The van der Waals surface area contributed by atoms with Crippen LogP contribution in [0.1, 0.15) is 40.8 Å². The molecule has 29 heavy (non-hydrogen) atoms. The van der Waals surface area contributed by atoms with Crippen LogP contribution >= 0.6 is 11.3 Å². The van der Waals surface area contributed by atoms with Crippen LogP contribution in [0.25, 0.3) is 10.6 Å². The maximum atomic E-state index is 13.1. The summed E-state index contributed by atoms with van der Waals surface area (Å²) in [5.74, 6) is -1.25. The fraction of sp³-hybridized carbons (Fsp3) is 0.190. The van der Waals surface area contributed by atoms with E-state index in [-0.39, 0.29) is 29.1 Å². The van der Waals surface area contributed by atoms with Gasteiger partial charge < -0.3 is 15.7 Å². The Kier molecular flexibility index (Phi) is 5.93. The van der Waals surface area contributed by atoms with Gasteiger partial charge in [0.1, 0.15) is 16.6 Å². The van der Waals surface area contributed by atoms with E-state index in [4.69, 9.17) is 0 Å². The molecule has 3 rings (SSSR count). The third-order valence-corrected chi connectivity index (χ3v) is 5.62. The first kappa shape index (κ1) is 20.5. The molecule has 1 unspecified atom stereocenters. The van der Waals surface area contributed by atoms with E-state index in [9.17, 15) is 19.1 Å². The lowest BCUT2D eigenvalue weighted by Gasteiger charge is -2.14. The molecule has 2 aromatic carbocycles. The second-order valence-corrected chi connectivity index (χ2v) is 7.61. The van der Waals surface area contributed by atoms with Crippen LogP contribution in [0.2, 0.25) is 0 Å². The molecule has 3 N–H and O–H groups in total. The molecule has 0 aliphatic rings. The minimum Gasteiger partial charge on any atom is -0.507 e. The lowest BCUT2D eigenvalue weighted by Crippen LogP contribution is -2.26. The Morgan fingerprint density at radius 2 is 1.86 bits per heavy atom. The molecule has 8 heteroatoms. The number of aromatic hydroxyl groups is 1. The standard InChI is InChI=1S/C21H20FN3O3S/c1-11(19-12(2)24-21(29-19)14-4-6-15(22)7-5-14)23-20(28)17-10-16(25-13(3)26)8-9-18(17)27/h4-11,27H,1-3H3,(H,23,28)(H,25,26). The molecule has 0 fully saturated rings. The summed E-state index contributed by atoms with van der Waals surface area (Å²) < 4.78 is 13.1. The second-order valence-electron chi connectivity index (χ2n) is 6.58. The van der Waals surface area contributed by atoms with Crippen LogP contribution in [0.4, 0.5) is 10.1 Å². The van der Waals surface area contributed by atoms with Gasteiger partial charge in [-0.25, -0.2) is 9.37 Å². The van der Waals surface area contributed by atoms with E-state index < -0.39 is 5.91 Å². The van der Waals surface area contributed by atoms with Crippen molar-refractivity contribution in [3.8, 4) is 16.3 Å². The third-order valence-electron chi connectivity index (χ3n) is 4.23. The Bertz CT molecular complexity index is 1060. The van der Waals surface area contributed by atoms with Crippen LogP contribution in [-0.4, -0.2) is 21.9 Å². The zero-order valence-electron chi connectivity index (χ0n) is 16.1. The van der Waals surface area contributed by atoms with Gasteiger partial charge in [-0.1, -0.05) is 0 Å². The van der Waals surface area contributed by atoms with Crippen LogP contribution < -0.4 is 10.6 Å². The summed E-state index contributed by atoms with van der Waals surface area (Å²) in [5.41, 5.74) is 2.04. The second kappa shape index (κ2) is 8.40. The van der Waals surface area contributed by atoms with Crippen molar-refractivity contribution < 1.29 is 19.1 Å². The van der Waals surface area contributed by atoms with Gasteiger partial charge >= 0.3 is 0 Å². The number of phenolic OH excluding ortho intramolecular Hbond substituents is 1.